The maximum absolute atomic E-state index is 12.5. The molecule has 1 aliphatic heterocycles. The summed E-state index contributed by atoms with van der Waals surface area (Å²) < 4.78 is 7.34. The first kappa shape index (κ1) is 19.2. The summed E-state index contributed by atoms with van der Waals surface area (Å²) in [6.45, 7) is 6.68. The molecule has 3 heterocycles. The highest BCUT2D eigenvalue weighted by Crippen LogP contribution is 2.18. The lowest BCUT2D eigenvalue weighted by Gasteiger charge is -2.38. The Morgan fingerprint density at radius 3 is 2.96 bits per heavy atom. The third-order valence-electron chi connectivity index (χ3n) is 4.48. The smallest absolute Gasteiger partial charge is 0.244 e. The molecule has 8 heteroatoms. The van der Waals surface area contributed by atoms with Gasteiger partial charge in [-0.2, -0.15) is 5.10 Å². The van der Waals surface area contributed by atoms with Crippen molar-refractivity contribution in [2.24, 2.45) is 0 Å². The molecule has 0 unspecified atom stereocenters. The third-order valence-corrected chi connectivity index (χ3v) is 4.48. The molecule has 2 aromatic rings. The summed E-state index contributed by atoms with van der Waals surface area (Å²) in [6.07, 6.45) is 5.38. The third kappa shape index (κ3) is 4.97. The quantitative estimate of drug-likeness (QED) is 0.830. The van der Waals surface area contributed by atoms with Crippen LogP contribution < -0.4 is 10.2 Å². The number of carbonyl (C=O) groups is 1. The van der Waals surface area contributed by atoms with Crippen LogP contribution in [0.3, 0.4) is 0 Å². The van der Waals surface area contributed by atoms with Crippen LogP contribution in [0.25, 0.3) is 0 Å². The lowest BCUT2D eigenvalue weighted by molar-refractivity contribution is -0.146. The monoisotopic (exact) mass is 372 g/mol. The Labute approximate surface area is 160 Å². The molecular weight excluding hydrogens is 344 g/mol. The highest BCUT2D eigenvalue weighted by atomic mass is 16.5. The molecule has 0 radical (unpaired) electrons. The van der Waals surface area contributed by atoms with Crippen LogP contribution in [0.4, 0.5) is 11.5 Å². The van der Waals surface area contributed by atoms with Crippen LogP contribution in [0.5, 0.6) is 0 Å². The Hall–Kier alpha value is -2.61. The average molecular weight is 372 g/mol. The second kappa shape index (κ2) is 7.96. The van der Waals surface area contributed by atoms with E-state index in [1.165, 1.54) is 0 Å². The Morgan fingerprint density at radius 1 is 1.41 bits per heavy atom. The first-order valence-corrected chi connectivity index (χ1v) is 9.13. The van der Waals surface area contributed by atoms with Crippen molar-refractivity contribution in [3.05, 3.63) is 36.3 Å². The molecule has 3 rings (SSSR count). The fraction of sp³-hybridized carbons (Fsp3) is 0.526. The second-order valence-electron chi connectivity index (χ2n) is 7.58. The second-order valence-corrected chi connectivity index (χ2v) is 7.58. The van der Waals surface area contributed by atoms with Gasteiger partial charge in [0.2, 0.25) is 5.91 Å². The van der Waals surface area contributed by atoms with Gasteiger partial charge in [-0.3, -0.25) is 9.48 Å². The van der Waals surface area contributed by atoms with Crippen molar-refractivity contribution in [1.29, 1.82) is 0 Å². The van der Waals surface area contributed by atoms with Gasteiger partial charge in [-0.15, -0.1) is 0 Å². The lowest BCUT2D eigenvalue weighted by atomic mass is 10.1. The van der Waals surface area contributed by atoms with E-state index in [0.717, 1.165) is 17.1 Å². The topological polar surface area (TPSA) is 75.5 Å². The van der Waals surface area contributed by atoms with Crippen molar-refractivity contribution in [2.45, 2.75) is 32.5 Å². The normalized spacial score (nSPS) is 16.2. The van der Waals surface area contributed by atoms with Crippen LogP contribution in [0.1, 0.15) is 19.4 Å². The minimum atomic E-state index is -0.293. The van der Waals surface area contributed by atoms with E-state index in [1.807, 2.05) is 56.1 Å². The minimum absolute atomic E-state index is 0.0585. The van der Waals surface area contributed by atoms with Crippen LogP contribution in [0.15, 0.2) is 30.7 Å². The van der Waals surface area contributed by atoms with Crippen molar-refractivity contribution in [3.8, 4) is 0 Å². The zero-order chi connectivity index (χ0) is 19.4. The molecule has 1 fully saturated rings. The van der Waals surface area contributed by atoms with Gasteiger partial charge < -0.3 is 19.9 Å². The predicted molar refractivity (Wildman–Crippen MR) is 105 cm³/mol. The highest BCUT2D eigenvalue weighted by molar-refractivity contribution is 5.76. The number of carbonyl (C=O) groups excluding carboxylic acids is 1. The van der Waals surface area contributed by atoms with Gasteiger partial charge in [0.25, 0.3) is 0 Å². The van der Waals surface area contributed by atoms with Crippen molar-refractivity contribution in [1.82, 2.24) is 19.7 Å². The molecule has 1 N–H and O–H groups in total. The molecule has 0 saturated carbocycles. The van der Waals surface area contributed by atoms with Gasteiger partial charge in [0.15, 0.2) is 0 Å². The zero-order valence-corrected chi connectivity index (χ0v) is 16.5. The summed E-state index contributed by atoms with van der Waals surface area (Å²) >= 11 is 0. The predicted octanol–water partition coefficient (Wildman–Crippen LogP) is 1.59. The molecule has 8 nitrogen and oxygen atoms in total. The van der Waals surface area contributed by atoms with E-state index in [-0.39, 0.29) is 18.1 Å². The summed E-state index contributed by atoms with van der Waals surface area (Å²) in [6, 6.07) is 3.97. The Morgan fingerprint density at radius 2 is 2.22 bits per heavy atom. The Balaban J connectivity index is 1.57. The molecular formula is C19H28N6O2. The molecule has 0 aliphatic carbocycles. The molecule has 0 bridgehead atoms. The van der Waals surface area contributed by atoms with E-state index in [4.69, 9.17) is 4.74 Å². The van der Waals surface area contributed by atoms with E-state index in [0.29, 0.717) is 26.2 Å². The minimum Gasteiger partial charge on any atom is -0.378 e. The Kier molecular flexibility index (Phi) is 5.65. The first-order chi connectivity index (χ1) is 12.8. The maximum atomic E-state index is 12.5. The number of nitrogens with zero attached hydrogens (tertiary/aromatic N) is 5. The summed E-state index contributed by atoms with van der Waals surface area (Å²) in [4.78, 5) is 20.8. The van der Waals surface area contributed by atoms with Crippen molar-refractivity contribution < 1.29 is 9.53 Å². The van der Waals surface area contributed by atoms with Crippen LogP contribution >= 0.6 is 0 Å². The van der Waals surface area contributed by atoms with Gasteiger partial charge in [0, 0.05) is 51.7 Å². The SMILES string of the molecule is CN(C)c1ncccc1CNc1cnn(CC(=O)N2CCOC(C)(C)C2)c1. The van der Waals surface area contributed by atoms with Crippen molar-refractivity contribution in [3.63, 3.8) is 0 Å². The number of aromatic nitrogens is 3. The summed E-state index contributed by atoms with van der Waals surface area (Å²) in [5.41, 5.74) is 1.68. The fourth-order valence-corrected chi connectivity index (χ4v) is 3.18. The number of morpholine rings is 1. The molecule has 27 heavy (non-hydrogen) atoms. The highest BCUT2D eigenvalue weighted by Gasteiger charge is 2.29. The number of nitrogens with one attached hydrogen (secondary N) is 1. The van der Waals surface area contributed by atoms with Crippen LogP contribution in [-0.4, -0.2) is 65.0 Å². The number of rotatable bonds is 6. The molecule has 0 aromatic carbocycles. The number of pyridine rings is 1. The molecule has 1 saturated heterocycles. The number of hydrogen-bond donors (Lipinski definition) is 1. The first-order valence-electron chi connectivity index (χ1n) is 9.13. The zero-order valence-electron chi connectivity index (χ0n) is 16.5. The van der Waals surface area contributed by atoms with Gasteiger partial charge in [0.1, 0.15) is 12.4 Å². The largest absolute Gasteiger partial charge is 0.378 e. The van der Waals surface area contributed by atoms with Crippen LogP contribution in [0, 0.1) is 0 Å². The summed E-state index contributed by atoms with van der Waals surface area (Å²) in [5, 5.41) is 7.65. The molecule has 1 aliphatic rings. The van der Waals surface area contributed by atoms with E-state index in [1.54, 1.807) is 17.1 Å². The van der Waals surface area contributed by atoms with Crippen molar-refractivity contribution in [2.75, 3.05) is 44.0 Å². The Bertz CT molecular complexity index is 786. The van der Waals surface area contributed by atoms with Crippen LogP contribution in [0.2, 0.25) is 0 Å². The van der Waals surface area contributed by atoms with Gasteiger partial charge >= 0.3 is 0 Å². The number of ether oxygens (including phenoxy) is 1. The standard InChI is InChI=1S/C19H28N6O2/c1-19(2)14-24(8-9-27-19)17(26)13-25-12-16(11-22-25)21-10-15-6-5-7-20-18(15)23(3)4/h5-7,11-12,21H,8-10,13-14H2,1-4H3. The molecule has 146 valence electrons. The molecule has 0 atom stereocenters. The maximum Gasteiger partial charge on any atom is 0.244 e. The molecule has 0 spiro atoms. The van der Waals surface area contributed by atoms with Gasteiger partial charge in [-0.1, -0.05) is 6.07 Å². The molecule has 1 amide bonds. The lowest BCUT2D eigenvalue weighted by Crippen LogP contribution is -2.51. The van der Waals surface area contributed by atoms with Crippen LogP contribution in [-0.2, 0) is 22.6 Å². The average Bonchev–Trinajstić information content (AvgIpc) is 3.06. The molecule has 2 aromatic heterocycles. The fourth-order valence-electron chi connectivity index (χ4n) is 3.18. The summed E-state index contributed by atoms with van der Waals surface area (Å²) in [7, 11) is 3.95. The van der Waals surface area contributed by atoms with Crippen molar-refractivity contribution >= 4 is 17.4 Å². The van der Waals surface area contributed by atoms with E-state index >= 15 is 0 Å². The number of anilines is 2. The van der Waals surface area contributed by atoms with E-state index < -0.39 is 0 Å². The number of hydrogen-bond acceptors (Lipinski definition) is 6. The summed E-state index contributed by atoms with van der Waals surface area (Å²) in [5.74, 6) is 0.991. The van der Waals surface area contributed by atoms with Gasteiger partial charge in [-0.05, 0) is 19.9 Å². The van der Waals surface area contributed by atoms with E-state index in [2.05, 4.69) is 15.4 Å². The van der Waals surface area contributed by atoms with Gasteiger partial charge in [-0.25, -0.2) is 4.98 Å². The van der Waals surface area contributed by atoms with Gasteiger partial charge in [0.05, 0.1) is 24.1 Å². The number of amides is 1. The van der Waals surface area contributed by atoms with E-state index in [9.17, 15) is 4.79 Å².